The zero-order valence-corrected chi connectivity index (χ0v) is 12.0. The molecule has 0 aliphatic heterocycles. The summed E-state index contributed by atoms with van der Waals surface area (Å²) in [6.07, 6.45) is 4.73. The molecule has 1 aliphatic rings. The topological polar surface area (TPSA) is 78.4 Å². The summed E-state index contributed by atoms with van der Waals surface area (Å²) in [5.41, 5.74) is -0.816. The molecule has 0 atom stereocenters. The van der Waals surface area contributed by atoms with Crippen LogP contribution >= 0.6 is 0 Å². The van der Waals surface area contributed by atoms with E-state index in [0.717, 1.165) is 19.3 Å². The predicted octanol–water partition coefficient (Wildman–Crippen LogP) is 0.960. The minimum Gasteiger partial charge on any atom is -0.389 e. The minimum atomic E-state index is -0.816. The lowest BCUT2D eigenvalue weighted by Crippen LogP contribution is -2.41. The van der Waals surface area contributed by atoms with E-state index in [4.69, 9.17) is 0 Å². The summed E-state index contributed by atoms with van der Waals surface area (Å²) >= 11 is 0. The molecule has 0 aromatic heterocycles. The standard InChI is InChI=1S/C14H26N2O3/c1-11(2)13(18)16-9-8-15-12(17)10-14(19)6-4-3-5-7-14/h11,19H,3-10H2,1-2H3,(H,15,17)(H,16,18). The van der Waals surface area contributed by atoms with E-state index >= 15 is 0 Å². The first-order valence-electron chi connectivity index (χ1n) is 7.20. The average Bonchev–Trinajstić information content (AvgIpc) is 2.34. The Morgan fingerprint density at radius 2 is 1.68 bits per heavy atom. The fourth-order valence-electron chi connectivity index (χ4n) is 2.34. The van der Waals surface area contributed by atoms with Crippen molar-refractivity contribution in [3.8, 4) is 0 Å². The van der Waals surface area contributed by atoms with E-state index in [0.29, 0.717) is 25.9 Å². The molecule has 110 valence electrons. The van der Waals surface area contributed by atoms with E-state index in [-0.39, 0.29) is 24.2 Å². The molecule has 19 heavy (non-hydrogen) atoms. The molecule has 1 fully saturated rings. The molecule has 0 aromatic carbocycles. The molecular formula is C14H26N2O3. The smallest absolute Gasteiger partial charge is 0.222 e. The molecule has 0 aromatic rings. The van der Waals surface area contributed by atoms with Crippen LogP contribution in [0, 0.1) is 5.92 Å². The van der Waals surface area contributed by atoms with Crippen LogP contribution in [0.25, 0.3) is 0 Å². The molecule has 0 bridgehead atoms. The fraction of sp³-hybridized carbons (Fsp3) is 0.857. The highest BCUT2D eigenvalue weighted by Crippen LogP contribution is 2.30. The number of nitrogens with one attached hydrogen (secondary N) is 2. The van der Waals surface area contributed by atoms with E-state index < -0.39 is 5.60 Å². The zero-order valence-electron chi connectivity index (χ0n) is 12.0. The molecule has 0 heterocycles. The summed E-state index contributed by atoms with van der Waals surface area (Å²) in [6, 6.07) is 0. The molecule has 0 unspecified atom stereocenters. The highest BCUT2D eigenvalue weighted by Gasteiger charge is 2.31. The molecule has 1 saturated carbocycles. The molecule has 5 nitrogen and oxygen atoms in total. The second kappa shape index (κ2) is 7.48. The van der Waals surface area contributed by atoms with Crippen molar-refractivity contribution in [3.63, 3.8) is 0 Å². The van der Waals surface area contributed by atoms with Crippen LogP contribution in [0.2, 0.25) is 0 Å². The van der Waals surface area contributed by atoms with Crippen LogP contribution in [0.1, 0.15) is 52.4 Å². The number of aliphatic hydroxyl groups is 1. The number of rotatable bonds is 6. The van der Waals surface area contributed by atoms with Gasteiger partial charge in [0.05, 0.1) is 12.0 Å². The quantitative estimate of drug-likeness (QED) is 0.629. The van der Waals surface area contributed by atoms with Crippen LogP contribution in [0.3, 0.4) is 0 Å². The lowest BCUT2D eigenvalue weighted by molar-refractivity contribution is -0.128. The van der Waals surface area contributed by atoms with Crippen LogP contribution in [0.15, 0.2) is 0 Å². The maximum absolute atomic E-state index is 11.7. The molecule has 5 heteroatoms. The molecule has 0 saturated heterocycles. The van der Waals surface area contributed by atoms with Crippen LogP contribution in [-0.4, -0.2) is 35.6 Å². The first-order chi connectivity index (χ1) is 8.93. The molecule has 3 N–H and O–H groups in total. The van der Waals surface area contributed by atoms with Crippen molar-refractivity contribution >= 4 is 11.8 Å². The lowest BCUT2D eigenvalue weighted by Gasteiger charge is -2.31. The Morgan fingerprint density at radius 3 is 2.26 bits per heavy atom. The van der Waals surface area contributed by atoms with Crippen molar-refractivity contribution in [2.75, 3.05) is 13.1 Å². The maximum Gasteiger partial charge on any atom is 0.222 e. The summed E-state index contributed by atoms with van der Waals surface area (Å²) in [5.74, 6) is -0.193. The van der Waals surface area contributed by atoms with Crippen LogP contribution in [0.4, 0.5) is 0 Å². The number of hydrogen-bond donors (Lipinski definition) is 3. The largest absolute Gasteiger partial charge is 0.389 e. The first kappa shape index (κ1) is 16.0. The van der Waals surface area contributed by atoms with Gasteiger partial charge in [-0.25, -0.2) is 0 Å². The normalized spacial score (nSPS) is 18.1. The van der Waals surface area contributed by atoms with Gasteiger partial charge in [-0.3, -0.25) is 9.59 Å². The average molecular weight is 270 g/mol. The zero-order chi connectivity index (χ0) is 14.3. The third-order valence-electron chi connectivity index (χ3n) is 3.54. The molecule has 0 spiro atoms. The van der Waals surface area contributed by atoms with Gasteiger partial charge in [-0.05, 0) is 12.8 Å². The van der Waals surface area contributed by atoms with Gasteiger partial charge in [0.2, 0.25) is 11.8 Å². The van der Waals surface area contributed by atoms with E-state index in [2.05, 4.69) is 10.6 Å². The van der Waals surface area contributed by atoms with E-state index in [1.807, 2.05) is 13.8 Å². The van der Waals surface area contributed by atoms with E-state index in [1.165, 1.54) is 0 Å². The highest BCUT2D eigenvalue weighted by molar-refractivity contribution is 5.78. The van der Waals surface area contributed by atoms with Gasteiger partial charge in [-0.15, -0.1) is 0 Å². The Bertz CT molecular complexity index is 310. The molecule has 0 radical (unpaired) electrons. The second-order valence-corrected chi connectivity index (χ2v) is 5.76. The number of hydrogen-bond acceptors (Lipinski definition) is 3. The van der Waals surface area contributed by atoms with Gasteiger partial charge in [0.15, 0.2) is 0 Å². The van der Waals surface area contributed by atoms with Gasteiger partial charge in [0.1, 0.15) is 0 Å². The van der Waals surface area contributed by atoms with Crippen molar-refractivity contribution in [1.82, 2.24) is 10.6 Å². The van der Waals surface area contributed by atoms with E-state index in [1.54, 1.807) is 0 Å². The number of carbonyl (C=O) groups excluding carboxylic acids is 2. The van der Waals surface area contributed by atoms with Crippen molar-refractivity contribution in [2.24, 2.45) is 5.92 Å². The van der Waals surface area contributed by atoms with Crippen molar-refractivity contribution in [1.29, 1.82) is 0 Å². The minimum absolute atomic E-state index is 0.0137. The summed E-state index contributed by atoms with van der Waals surface area (Å²) in [5, 5.41) is 15.7. The fourth-order valence-corrected chi connectivity index (χ4v) is 2.34. The number of carbonyl (C=O) groups is 2. The van der Waals surface area contributed by atoms with Crippen LogP contribution < -0.4 is 10.6 Å². The van der Waals surface area contributed by atoms with Gasteiger partial charge in [0, 0.05) is 19.0 Å². The third kappa shape index (κ3) is 6.05. The SMILES string of the molecule is CC(C)C(=O)NCCNC(=O)CC1(O)CCCCC1. The van der Waals surface area contributed by atoms with Crippen LogP contribution in [0.5, 0.6) is 0 Å². The predicted molar refractivity (Wildman–Crippen MR) is 73.5 cm³/mol. The molecule has 1 rings (SSSR count). The maximum atomic E-state index is 11.7. The van der Waals surface area contributed by atoms with Gasteiger partial charge in [-0.2, -0.15) is 0 Å². The number of amides is 2. The summed E-state index contributed by atoms with van der Waals surface area (Å²) in [7, 11) is 0. The van der Waals surface area contributed by atoms with Gasteiger partial charge >= 0.3 is 0 Å². The summed E-state index contributed by atoms with van der Waals surface area (Å²) < 4.78 is 0. The highest BCUT2D eigenvalue weighted by atomic mass is 16.3. The Hall–Kier alpha value is -1.10. The van der Waals surface area contributed by atoms with Crippen molar-refractivity contribution < 1.29 is 14.7 Å². The Balaban J connectivity index is 2.15. The lowest BCUT2D eigenvalue weighted by atomic mass is 9.82. The second-order valence-electron chi connectivity index (χ2n) is 5.76. The van der Waals surface area contributed by atoms with Gasteiger partial charge in [0.25, 0.3) is 0 Å². The summed E-state index contributed by atoms with van der Waals surface area (Å²) in [4.78, 5) is 23.0. The van der Waals surface area contributed by atoms with Gasteiger partial charge < -0.3 is 15.7 Å². The molecule has 1 aliphatic carbocycles. The Morgan fingerprint density at radius 1 is 1.11 bits per heavy atom. The van der Waals surface area contributed by atoms with Crippen molar-refractivity contribution in [3.05, 3.63) is 0 Å². The third-order valence-corrected chi connectivity index (χ3v) is 3.54. The summed E-state index contributed by atoms with van der Waals surface area (Å²) in [6.45, 7) is 4.49. The first-order valence-corrected chi connectivity index (χ1v) is 7.20. The van der Waals surface area contributed by atoms with Crippen LogP contribution in [-0.2, 0) is 9.59 Å². The van der Waals surface area contributed by atoms with E-state index in [9.17, 15) is 14.7 Å². The van der Waals surface area contributed by atoms with Gasteiger partial charge in [-0.1, -0.05) is 33.1 Å². The monoisotopic (exact) mass is 270 g/mol. The van der Waals surface area contributed by atoms with Crippen molar-refractivity contribution in [2.45, 2.75) is 58.0 Å². The Kier molecular flexibility index (Phi) is 6.28. The molecular weight excluding hydrogens is 244 g/mol. The molecule has 2 amide bonds. The Labute approximate surface area is 115 Å².